The zero-order valence-electron chi connectivity index (χ0n) is 14.8. The average molecular weight is 421 g/mol. The molecule has 0 aromatic rings. The van der Waals surface area contributed by atoms with Gasteiger partial charge in [0.1, 0.15) is 0 Å². The van der Waals surface area contributed by atoms with E-state index >= 15 is 0 Å². The summed E-state index contributed by atoms with van der Waals surface area (Å²) in [5, 5.41) is 0. The third kappa shape index (κ3) is 3.15. The molecule has 0 amide bonds. The van der Waals surface area contributed by atoms with E-state index in [-0.39, 0.29) is 11.1 Å². The summed E-state index contributed by atoms with van der Waals surface area (Å²) in [6.45, 7) is 15.4. The SMILES string of the molecule is CN1CCCCC1[Si]1(I)N(C(C)(C)C)C=CN1C(C)(C)C. The van der Waals surface area contributed by atoms with Gasteiger partial charge in [-0.15, -0.1) is 0 Å². The summed E-state index contributed by atoms with van der Waals surface area (Å²) in [6.07, 6.45) is 8.81. The molecular formula is C16H32IN3Si. The molecule has 2 rings (SSSR count). The smallest absolute Gasteiger partial charge is 0.350 e. The van der Waals surface area contributed by atoms with E-state index < -0.39 is 5.89 Å². The molecule has 5 heteroatoms. The van der Waals surface area contributed by atoms with E-state index in [9.17, 15) is 0 Å². The van der Waals surface area contributed by atoms with Crippen molar-refractivity contribution in [3.8, 4) is 0 Å². The van der Waals surface area contributed by atoms with Crippen LogP contribution in [0.25, 0.3) is 0 Å². The van der Waals surface area contributed by atoms with Gasteiger partial charge >= 0.3 is 5.89 Å². The Morgan fingerprint density at radius 2 is 1.43 bits per heavy atom. The molecule has 122 valence electrons. The van der Waals surface area contributed by atoms with E-state index in [0.29, 0.717) is 5.67 Å². The summed E-state index contributed by atoms with van der Waals surface area (Å²) in [7, 11) is 2.33. The first-order valence-electron chi connectivity index (χ1n) is 8.15. The van der Waals surface area contributed by atoms with Crippen molar-refractivity contribution in [2.45, 2.75) is 77.5 Å². The largest absolute Gasteiger partial charge is 0.372 e. The molecule has 1 fully saturated rings. The van der Waals surface area contributed by atoms with Crippen LogP contribution in [-0.2, 0) is 0 Å². The van der Waals surface area contributed by atoms with Gasteiger partial charge in [-0.1, -0.05) is 28.2 Å². The number of halogens is 1. The monoisotopic (exact) mass is 421 g/mol. The van der Waals surface area contributed by atoms with Gasteiger partial charge in [0.05, 0.1) is 5.67 Å². The van der Waals surface area contributed by atoms with Crippen LogP contribution < -0.4 is 0 Å². The van der Waals surface area contributed by atoms with Crippen molar-refractivity contribution in [3.05, 3.63) is 12.4 Å². The fourth-order valence-electron chi connectivity index (χ4n) is 3.71. The second-order valence-electron chi connectivity index (χ2n) is 8.51. The normalized spacial score (nSPS) is 27.5. The number of hydrogen-bond acceptors (Lipinski definition) is 3. The molecule has 2 aliphatic heterocycles. The van der Waals surface area contributed by atoms with Crippen LogP contribution in [-0.4, -0.2) is 50.3 Å². The van der Waals surface area contributed by atoms with Gasteiger partial charge in [-0.05, 0) is 68.0 Å². The Hall–Kier alpha value is 0.247. The van der Waals surface area contributed by atoms with Crippen LogP contribution in [0.2, 0.25) is 0 Å². The number of rotatable bonds is 1. The van der Waals surface area contributed by atoms with Gasteiger partial charge < -0.3 is 14.0 Å². The molecule has 1 unspecified atom stereocenters. The molecule has 1 atom stereocenters. The van der Waals surface area contributed by atoms with Crippen molar-refractivity contribution in [3.63, 3.8) is 0 Å². The zero-order chi connectivity index (χ0) is 16.1. The second-order valence-corrected chi connectivity index (χ2v) is 16.2. The average Bonchev–Trinajstić information content (AvgIpc) is 2.67. The Morgan fingerprint density at radius 1 is 0.952 bits per heavy atom. The molecule has 2 aliphatic rings. The minimum atomic E-state index is -1.83. The molecule has 3 nitrogen and oxygen atoms in total. The Bertz CT molecular complexity index is 387. The Balaban J connectivity index is 2.44. The molecule has 0 aliphatic carbocycles. The minimum absolute atomic E-state index is 0.183. The van der Waals surface area contributed by atoms with E-state index in [0.717, 1.165) is 0 Å². The molecule has 0 radical (unpaired) electrons. The number of nitrogens with zero attached hydrogens (tertiary/aromatic N) is 3. The fraction of sp³-hybridized carbons (Fsp3) is 0.875. The van der Waals surface area contributed by atoms with E-state index in [4.69, 9.17) is 0 Å². The highest BCUT2D eigenvalue weighted by Crippen LogP contribution is 2.44. The molecular weight excluding hydrogens is 389 g/mol. The van der Waals surface area contributed by atoms with E-state index in [2.05, 4.69) is 96.8 Å². The van der Waals surface area contributed by atoms with Crippen molar-refractivity contribution in [2.24, 2.45) is 0 Å². The predicted molar refractivity (Wildman–Crippen MR) is 102 cm³/mol. The highest BCUT2D eigenvalue weighted by molar-refractivity contribution is 14.1. The van der Waals surface area contributed by atoms with Crippen LogP contribution >= 0.6 is 21.8 Å². The fourth-order valence-corrected chi connectivity index (χ4v) is 15.9. The Kier molecular flexibility index (Phi) is 4.78. The molecule has 0 saturated carbocycles. The summed E-state index contributed by atoms with van der Waals surface area (Å²) in [5.74, 6) is -1.83. The lowest BCUT2D eigenvalue weighted by Gasteiger charge is -2.55. The third-order valence-corrected chi connectivity index (χ3v) is 14.5. The number of piperidine rings is 1. The number of hydrogen-bond donors (Lipinski definition) is 0. The van der Waals surface area contributed by atoms with Crippen LogP contribution in [0.4, 0.5) is 0 Å². The van der Waals surface area contributed by atoms with Gasteiger partial charge in [-0.3, -0.25) is 0 Å². The van der Waals surface area contributed by atoms with Crippen LogP contribution in [0.5, 0.6) is 0 Å². The summed E-state index contributed by atoms with van der Waals surface area (Å²) in [6, 6.07) is 0. The predicted octanol–water partition coefficient (Wildman–Crippen LogP) is 4.07. The lowest BCUT2D eigenvalue weighted by molar-refractivity contribution is 0.193. The minimum Gasteiger partial charge on any atom is -0.372 e. The van der Waals surface area contributed by atoms with Crippen molar-refractivity contribution in [1.29, 1.82) is 0 Å². The number of likely N-dealkylation sites (tertiary alicyclic amines) is 1. The summed E-state index contributed by atoms with van der Waals surface area (Å²) in [5.41, 5.74) is 1.06. The van der Waals surface area contributed by atoms with Gasteiger partial charge in [-0.25, -0.2) is 0 Å². The third-order valence-electron chi connectivity index (χ3n) is 4.68. The maximum absolute atomic E-state index is 2.86. The maximum Gasteiger partial charge on any atom is 0.350 e. The van der Waals surface area contributed by atoms with E-state index in [1.54, 1.807) is 0 Å². The van der Waals surface area contributed by atoms with Crippen molar-refractivity contribution < 1.29 is 0 Å². The van der Waals surface area contributed by atoms with Gasteiger partial charge in [0.2, 0.25) is 0 Å². The lowest BCUT2D eigenvalue weighted by Crippen LogP contribution is -2.73. The van der Waals surface area contributed by atoms with Crippen LogP contribution in [0.15, 0.2) is 12.4 Å². The molecule has 0 aromatic heterocycles. The Morgan fingerprint density at radius 3 is 1.81 bits per heavy atom. The molecule has 0 spiro atoms. The molecule has 2 heterocycles. The highest BCUT2D eigenvalue weighted by atomic mass is 127. The van der Waals surface area contributed by atoms with Crippen LogP contribution in [0, 0.1) is 0 Å². The summed E-state index contributed by atoms with van der Waals surface area (Å²) >= 11 is 2.86. The quantitative estimate of drug-likeness (QED) is 0.359. The van der Waals surface area contributed by atoms with E-state index in [1.165, 1.54) is 25.8 Å². The topological polar surface area (TPSA) is 9.72 Å². The van der Waals surface area contributed by atoms with Gasteiger partial charge in [0, 0.05) is 23.5 Å². The molecule has 0 N–H and O–H groups in total. The molecule has 1 saturated heterocycles. The lowest BCUT2D eigenvalue weighted by atomic mass is 10.1. The summed E-state index contributed by atoms with van der Waals surface area (Å²) in [4.78, 5) is 2.63. The highest BCUT2D eigenvalue weighted by Gasteiger charge is 2.58. The zero-order valence-corrected chi connectivity index (χ0v) is 17.9. The standard InChI is InChI=1S/C16H32IN3Si/c1-15(2,3)19-12-13-20(16(4,5)6)21(19,17)14-10-8-9-11-18(14)7/h12-14H,8-11H2,1-7H3. The molecule has 0 aromatic carbocycles. The van der Waals surface area contributed by atoms with Crippen molar-refractivity contribution in [2.75, 3.05) is 13.6 Å². The van der Waals surface area contributed by atoms with E-state index in [1.807, 2.05) is 0 Å². The first-order valence-corrected chi connectivity index (χ1v) is 13.2. The van der Waals surface area contributed by atoms with Gasteiger partial charge in [0.15, 0.2) is 0 Å². The second kappa shape index (κ2) is 5.71. The maximum atomic E-state index is 2.86. The Labute approximate surface area is 145 Å². The summed E-state index contributed by atoms with van der Waals surface area (Å²) < 4.78 is 5.41. The van der Waals surface area contributed by atoms with Gasteiger partial charge in [0.25, 0.3) is 0 Å². The van der Waals surface area contributed by atoms with Gasteiger partial charge in [-0.2, -0.15) is 0 Å². The molecule has 21 heavy (non-hydrogen) atoms. The van der Waals surface area contributed by atoms with Crippen molar-refractivity contribution in [1.82, 2.24) is 14.0 Å². The van der Waals surface area contributed by atoms with Crippen molar-refractivity contribution >= 4 is 27.7 Å². The van der Waals surface area contributed by atoms with Crippen LogP contribution in [0.3, 0.4) is 0 Å². The molecule has 0 bridgehead atoms. The first kappa shape index (κ1) is 17.6. The first-order chi connectivity index (χ1) is 9.49. The van der Waals surface area contributed by atoms with Crippen LogP contribution in [0.1, 0.15) is 60.8 Å².